The van der Waals surface area contributed by atoms with Crippen molar-refractivity contribution in [3.8, 4) is 16.8 Å². The third kappa shape index (κ3) is 2.89. The molecule has 3 aromatic rings. The van der Waals surface area contributed by atoms with E-state index in [-0.39, 0.29) is 5.75 Å². The van der Waals surface area contributed by atoms with E-state index in [2.05, 4.69) is 11.2 Å². The maximum absolute atomic E-state index is 12.4. The minimum absolute atomic E-state index is 0.245. The van der Waals surface area contributed by atoms with Gasteiger partial charge in [-0.25, -0.2) is 13.1 Å². The minimum Gasteiger partial charge on any atom is -0.238 e. The van der Waals surface area contributed by atoms with Crippen LogP contribution < -0.4 is 0 Å². The summed E-state index contributed by atoms with van der Waals surface area (Å²) in [6, 6.07) is 15.9. The zero-order chi connectivity index (χ0) is 17.6. The van der Waals surface area contributed by atoms with E-state index in [9.17, 15) is 8.42 Å². The molecule has 0 bridgehead atoms. The first-order valence-corrected chi connectivity index (χ1v) is 10.1. The van der Waals surface area contributed by atoms with E-state index in [1.807, 2.05) is 61.0 Å². The van der Waals surface area contributed by atoms with Gasteiger partial charge in [0.15, 0.2) is 9.84 Å². The highest BCUT2D eigenvalue weighted by atomic mass is 32.2. The van der Waals surface area contributed by atoms with Crippen LogP contribution in [-0.4, -0.2) is 24.0 Å². The van der Waals surface area contributed by atoms with Gasteiger partial charge < -0.3 is 0 Å². The highest BCUT2D eigenvalue weighted by molar-refractivity contribution is 7.91. The van der Waals surface area contributed by atoms with E-state index in [1.165, 1.54) is 0 Å². The predicted octanol–water partition coefficient (Wildman–Crippen LogP) is 3.88. The molecule has 4 nitrogen and oxygen atoms in total. The standard InChI is InChI=1S/C20H20N2O2S/c1-14-11-15(2)22(21-14)19-7-3-5-17(12-19)18-9-8-16-6-4-10-25(23,24)20(16)13-18/h3,5,7-9,11-13H,4,6,10H2,1-2H3. The third-order valence-electron chi connectivity index (χ3n) is 4.70. The highest BCUT2D eigenvalue weighted by Crippen LogP contribution is 2.31. The van der Waals surface area contributed by atoms with Crippen molar-refractivity contribution in [2.24, 2.45) is 0 Å². The van der Waals surface area contributed by atoms with Crippen LogP contribution in [0.25, 0.3) is 16.8 Å². The van der Waals surface area contributed by atoms with Crippen LogP contribution in [0.2, 0.25) is 0 Å². The molecule has 2 heterocycles. The van der Waals surface area contributed by atoms with E-state index < -0.39 is 9.84 Å². The van der Waals surface area contributed by atoms with Crippen LogP contribution in [0.15, 0.2) is 53.4 Å². The summed E-state index contributed by atoms with van der Waals surface area (Å²) in [5.41, 5.74) is 5.88. The molecule has 2 aromatic carbocycles. The second-order valence-corrected chi connectivity index (χ2v) is 8.71. The average Bonchev–Trinajstić information content (AvgIpc) is 2.93. The molecule has 4 rings (SSSR count). The van der Waals surface area contributed by atoms with Crippen molar-refractivity contribution in [3.63, 3.8) is 0 Å². The molecule has 0 aliphatic carbocycles. The summed E-state index contributed by atoms with van der Waals surface area (Å²) >= 11 is 0. The van der Waals surface area contributed by atoms with Gasteiger partial charge in [0, 0.05) is 5.69 Å². The number of aromatic nitrogens is 2. The Labute approximate surface area is 148 Å². The lowest BCUT2D eigenvalue weighted by atomic mass is 10.0. The first-order chi connectivity index (χ1) is 11.9. The normalized spacial score (nSPS) is 15.8. The van der Waals surface area contributed by atoms with Crippen LogP contribution in [0.4, 0.5) is 0 Å². The topological polar surface area (TPSA) is 52.0 Å². The average molecular weight is 352 g/mol. The zero-order valence-corrected chi connectivity index (χ0v) is 15.2. The predicted molar refractivity (Wildman–Crippen MR) is 98.8 cm³/mol. The number of benzene rings is 2. The maximum Gasteiger partial charge on any atom is 0.178 e. The molecule has 0 saturated carbocycles. The molecule has 0 atom stereocenters. The molecule has 0 amide bonds. The van der Waals surface area contributed by atoms with Crippen molar-refractivity contribution < 1.29 is 8.42 Å². The van der Waals surface area contributed by atoms with E-state index in [1.54, 1.807) is 0 Å². The van der Waals surface area contributed by atoms with E-state index in [0.717, 1.165) is 40.2 Å². The van der Waals surface area contributed by atoms with Crippen molar-refractivity contribution in [3.05, 3.63) is 65.5 Å². The number of sulfone groups is 1. The van der Waals surface area contributed by atoms with E-state index in [0.29, 0.717) is 11.3 Å². The lowest BCUT2D eigenvalue weighted by Crippen LogP contribution is -2.16. The minimum atomic E-state index is -3.16. The maximum atomic E-state index is 12.4. The highest BCUT2D eigenvalue weighted by Gasteiger charge is 2.23. The monoisotopic (exact) mass is 352 g/mol. The molecule has 1 aliphatic rings. The number of hydrogen-bond acceptors (Lipinski definition) is 3. The van der Waals surface area contributed by atoms with Crippen molar-refractivity contribution in [2.45, 2.75) is 31.6 Å². The van der Waals surface area contributed by atoms with Gasteiger partial charge in [-0.2, -0.15) is 5.10 Å². The molecule has 128 valence electrons. The Kier molecular flexibility index (Phi) is 3.76. The lowest BCUT2D eigenvalue weighted by molar-refractivity contribution is 0.586. The molecule has 0 N–H and O–H groups in total. The molecular formula is C20H20N2O2S. The summed E-state index contributed by atoms with van der Waals surface area (Å²) in [6.45, 7) is 4.00. The molecule has 1 aliphatic heterocycles. The molecule has 5 heteroatoms. The summed E-state index contributed by atoms with van der Waals surface area (Å²) < 4.78 is 26.7. The molecule has 1 aromatic heterocycles. The SMILES string of the molecule is Cc1cc(C)n(-c2cccc(-c3ccc4c(c3)S(=O)(=O)CCC4)c2)n1. The van der Waals surface area contributed by atoms with Crippen LogP contribution in [0.3, 0.4) is 0 Å². The summed E-state index contributed by atoms with van der Waals surface area (Å²) in [5, 5.41) is 4.53. The molecule has 25 heavy (non-hydrogen) atoms. The molecule has 0 saturated heterocycles. The molecular weight excluding hydrogens is 332 g/mol. The van der Waals surface area contributed by atoms with Gasteiger partial charge >= 0.3 is 0 Å². The summed E-state index contributed by atoms with van der Waals surface area (Å²) in [7, 11) is -3.16. The number of fused-ring (bicyclic) bond motifs is 1. The Balaban J connectivity index is 1.81. The summed E-state index contributed by atoms with van der Waals surface area (Å²) in [4.78, 5) is 0.493. The third-order valence-corrected chi connectivity index (χ3v) is 6.57. The van der Waals surface area contributed by atoms with Crippen LogP contribution in [0, 0.1) is 13.8 Å². The van der Waals surface area contributed by atoms with Gasteiger partial charge in [-0.15, -0.1) is 0 Å². The Hall–Kier alpha value is -2.40. The first kappa shape index (κ1) is 16.1. The second-order valence-electron chi connectivity index (χ2n) is 6.63. The second kappa shape index (κ2) is 5.85. The smallest absolute Gasteiger partial charge is 0.178 e. The van der Waals surface area contributed by atoms with Crippen molar-refractivity contribution in [2.75, 3.05) is 5.75 Å². The largest absolute Gasteiger partial charge is 0.238 e. The number of nitrogens with zero attached hydrogens (tertiary/aromatic N) is 2. The van der Waals surface area contributed by atoms with Gasteiger partial charge in [0.25, 0.3) is 0 Å². The van der Waals surface area contributed by atoms with Crippen molar-refractivity contribution >= 4 is 9.84 Å². The van der Waals surface area contributed by atoms with Crippen LogP contribution in [0.1, 0.15) is 23.4 Å². The quantitative estimate of drug-likeness (QED) is 0.703. The van der Waals surface area contributed by atoms with Gasteiger partial charge in [-0.3, -0.25) is 0 Å². The fourth-order valence-corrected chi connectivity index (χ4v) is 5.12. The lowest BCUT2D eigenvalue weighted by Gasteiger charge is -2.17. The Morgan fingerprint density at radius 3 is 2.56 bits per heavy atom. The Morgan fingerprint density at radius 1 is 1.00 bits per heavy atom. The molecule has 0 unspecified atom stereocenters. The fraction of sp³-hybridized carbons (Fsp3) is 0.250. The molecule has 0 radical (unpaired) electrons. The van der Waals surface area contributed by atoms with Gasteiger partial charge in [-0.1, -0.05) is 24.3 Å². The van der Waals surface area contributed by atoms with E-state index in [4.69, 9.17) is 0 Å². The van der Waals surface area contributed by atoms with Crippen LogP contribution in [-0.2, 0) is 16.3 Å². The zero-order valence-electron chi connectivity index (χ0n) is 14.4. The number of aryl methyl sites for hydroxylation is 3. The van der Waals surface area contributed by atoms with Crippen LogP contribution in [0.5, 0.6) is 0 Å². The molecule has 0 spiro atoms. The summed E-state index contributed by atoms with van der Waals surface area (Å²) in [6.07, 6.45) is 1.54. The van der Waals surface area contributed by atoms with Crippen LogP contribution >= 0.6 is 0 Å². The van der Waals surface area contributed by atoms with Gasteiger partial charge in [0.1, 0.15) is 0 Å². The number of rotatable bonds is 2. The summed E-state index contributed by atoms with van der Waals surface area (Å²) in [5.74, 6) is 0.245. The van der Waals surface area contributed by atoms with E-state index >= 15 is 0 Å². The Morgan fingerprint density at radius 2 is 1.80 bits per heavy atom. The molecule has 0 fully saturated rings. The van der Waals surface area contributed by atoms with Gasteiger partial charge in [0.2, 0.25) is 0 Å². The van der Waals surface area contributed by atoms with Crippen molar-refractivity contribution in [1.29, 1.82) is 0 Å². The van der Waals surface area contributed by atoms with Gasteiger partial charge in [-0.05, 0) is 67.6 Å². The fourth-order valence-electron chi connectivity index (χ4n) is 3.50. The van der Waals surface area contributed by atoms with Crippen molar-refractivity contribution in [1.82, 2.24) is 9.78 Å². The first-order valence-electron chi connectivity index (χ1n) is 8.44. The Bertz CT molecular complexity index is 1070. The van der Waals surface area contributed by atoms with Gasteiger partial charge in [0.05, 0.1) is 22.0 Å². The number of hydrogen-bond donors (Lipinski definition) is 0.